The SMILES string of the molecule is OC[C@H]1O[C@@H](O[C@@H]2[C@H](O)[C@@H](O)[C@H](O[C@H]3[C@H](O)[C@@H](O)[C@@H](O)O[C@@H]3CO)O[C@@H]2CO)[C@H](O)[C@@H](O)[C@H]1O. The molecule has 0 radical (unpaired) electrons. The van der Waals surface area contributed by atoms with Gasteiger partial charge in [-0.15, -0.1) is 0 Å². The summed E-state index contributed by atoms with van der Waals surface area (Å²) in [6, 6.07) is 0. The lowest BCUT2D eigenvalue weighted by molar-refractivity contribution is -0.377. The summed E-state index contributed by atoms with van der Waals surface area (Å²) in [5, 5.41) is 109. The Labute approximate surface area is 192 Å². The molecule has 0 amide bonds. The van der Waals surface area contributed by atoms with Crippen LogP contribution in [0.1, 0.15) is 0 Å². The van der Waals surface area contributed by atoms with Gasteiger partial charge in [0, 0.05) is 0 Å². The van der Waals surface area contributed by atoms with Gasteiger partial charge in [-0.05, 0) is 0 Å². The molecule has 0 spiro atoms. The van der Waals surface area contributed by atoms with Gasteiger partial charge < -0.3 is 79.9 Å². The van der Waals surface area contributed by atoms with Crippen LogP contribution in [-0.4, -0.2) is 168 Å². The van der Waals surface area contributed by atoms with Gasteiger partial charge in [0.15, 0.2) is 18.9 Å². The number of hydrogen-bond donors (Lipinski definition) is 11. The Bertz CT molecular complexity index is 635. The highest BCUT2D eigenvalue weighted by Crippen LogP contribution is 2.32. The molecule has 3 fully saturated rings. The molecule has 0 aromatic heterocycles. The maximum Gasteiger partial charge on any atom is 0.187 e. The van der Waals surface area contributed by atoms with Gasteiger partial charge in [0.05, 0.1) is 19.8 Å². The summed E-state index contributed by atoms with van der Waals surface area (Å²) in [4.78, 5) is 0. The van der Waals surface area contributed by atoms with Crippen molar-refractivity contribution in [2.75, 3.05) is 19.8 Å². The summed E-state index contributed by atoms with van der Waals surface area (Å²) in [6.07, 6.45) is -25.1. The molecule has 15 atom stereocenters. The predicted molar refractivity (Wildman–Crippen MR) is 101 cm³/mol. The molecule has 0 saturated carbocycles. The first-order valence-electron chi connectivity index (χ1n) is 10.6. The monoisotopic (exact) mass is 504 g/mol. The van der Waals surface area contributed by atoms with Gasteiger partial charge in [-0.2, -0.15) is 0 Å². The molecule has 0 aromatic rings. The Balaban J connectivity index is 1.72. The Hall–Kier alpha value is -0.640. The van der Waals surface area contributed by atoms with E-state index in [1.54, 1.807) is 0 Å². The molecule has 0 aliphatic carbocycles. The van der Waals surface area contributed by atoms with Crippen LogP contribution in [0.15, 0.2) is 0 Å². The minimum atomic E-state index is -1.91. The highest BCUT2D eigenvalue weighted by molar-refractivity contribution is 4.96. The van der Waals surface area contributed by atoms with Crippen LogP contribution >= 0.6 is 0 Å². The van der Waals surface area contributed by atoms with Crippen molar-refractivity contribution in [3.8, 4) is 0 Å². The van der Waals surface area contributed by atoms with Crippen LogP contribution in [0.25, 0.3) is 0 Å². The second kappa shape index (κ2) is 11.6. The van der Waals surface area contributed by atoms with Crippen LogP contribution in [0.2, 0.25) is 0 Å². The first-order valence-corrected chi connectivity index (χ1v) is 10.6. The number of rotatable bonds is 7. The van der Waals surface area contributed by atoms with E-state index in [1.165, 1.54) is 0 Å². The first kappa shape index (κ1) is 27.9. The number of aliphatic hydroxyl groups is 11. The minimum absolute atomic E-state index is 0.741. The summed E-state index contributed by atoms with van der Waals surface area (Å²) in [5.41, 5.74) is 0. The number of aliphatic hydroxyl groups excluding tert-OH is 11. The molecule has 3 aliphatic rings. The molecule has 3 rings (SSSR count). The maximum atomic E-state index is 10.6. The molecule has 200 valence electrons. The first-order chi connectivity index (χ1) is 16.0. The van der Waals surface area contributed by atoms with Gasteiger partial charge in [-0.3, -0.25) is 0 Å². The topological polar surface area (TPSA) is 269 Å². The van der Waals surface area contributed by atoms with Crippen LogP contribution in [0, 0.1) is 0 Å². The normalized spacial score (nSPS) is 52.5. The highest BCUT2D eigenvalue weighted by atomic mass is 16.8. The lowest BCUT2D eigenvalue weighted by Gasteiger charge is -2.47. The van der Waals surface area contributed by atoms with E-state index in [4.69, 9.17) is 23.7 Å². The average molecular weight is 504 g/mol. The fourth-order valence-electron chi connectivity index (χ4n) is 4.06. The third-order valence-corrected chi connectivity index (χ3v) is 6.09. The van der Waals surface area contributed by atoms with Gasteiger partial charge in [0.25, 0.3) is 0 Å². The highest BCUT2D eigenvalue weighted by Gasteiger charge is 2.53. The molecule has 3 aliphatic heterocycles. The fraction of sp³-hybridized carbons (Fsp3) is 1.00. The smallest absolute Gasteiger partial charge is 0.187 e. The van der Waals surface area contributed by atoms with Crippen LogP contribution in [0.4, 0.5) is 0 Å². The molecular weight excluding hydrogens is 472 g/mol. The summed E-state index contributed by atoms with van der Waals surface area (Å²) in [7, 11) is 0. The third-order valence-electron chi connectivity index (χ3n) is 6.09. The number of ether oxygens (including phenoxy) is 5. The van der Waals surface area contributed by atoms with Crippen molar-refractivity contribution in [2.24, 2.45) is 0 Å². The zero-order valence-electron chi connectivity index (χ0n) is 17.7. The summed E-state index contributed by atoms with van der Waals surface area (Å²) >= 11 is 0. The van der Waals surface area contributed by atoms with Crippen molar-refractivity contribution in [1.29, 1.82) is 0 Å². The van der Waals surface area contributed by atoms with E-state index < -0.39 is 112 Å². The molecule has 16 nitrogen and oxygen atoms in total. The molecular formula is C18H32O16. The van der Waals surface area contributed by atoms with Crippen molar-refractivity contribution in [3.63, 3.8) is 0 Å². The average Bonchev–Trinajstić information content (AvgIpc) is 2.83. The van der Waals surface area contributed by atoms with Crippen molar-refractivity contribution in [2.45, 2.75) is 92.1 Å². The van der Waals surface area contributed by atoms with Gasteiger partial charge in [0.1, 0.15) is 73.2 Å². The van der Waals surface area contributed by atoms with Crippen molar-refractivity contribution < 1.29 is 79.9 Å². The van der Waals surface area contributed by atoms with Crippen LogP contribution < -0.4 is 0 Å². The van der Waals surface area contributed by atoms with Gasteiger partial charge in [-0.25, -0.2) is 0 Å². The van der Waals surface area contributed by atoms with E-state index >= 15 is 0 Å². The Morgan fingerprint density at radius 3 is 1.35 bits per heavy atom. The van der Waals surface area contributed by atoms with E-state index in [-0.39, 0.29) is 0 Å². The lowest BCUT2D eigenvalue weighted by atomic mass is 9.96. The molecule has 3 saturated heterocycles. The van der Waals surface area contributed by atoms with E-state index in [0.717, 1.165) is 0 Å². The quantitative estimate of drug-likeness (QED) is 0.154. The third kappa shape index (κ3) is 5.37. The zero-order valence-corrected chi connectivity index (χ0v) is 17.7. The summed E-state index contributed by atoms with van der Waals surface area (Å²) < 4.78 is 26.4. The minimum Gasteiger partial charge on any atom is -0.394 e. The van der Waals surface area contributed by atoms with E-state index in [1.807, 2.05) is 0 Å². The largest absolute Gasteiger partial charge is 0.394 e. The molecule has 34 heavy (non-hydrogen) atoms. The predicted octanol–water partition coefficient (Wildman–Crippen LogP) is -7.57. The van der Waals surface area contributed by atoms with Crippen molar-refractivity contribution >= 4 is 0 Å². The molecule has 0 unspecified atom stereocenters. The van der Waals surface area contributed by atoms with E-state index in [0.29, 0.717) is 0 Å². The molecule has 11 N–H and O–H groups in total. The van der Waals surface area contributed by atoms with Gasteiger partial charge in [-0.1, -0.05) is 0 Å². The van der Waals surface area contributed by atoms with Gasteiger partial charge >= 0.3 is 0 Å². The van der Waals surface area contributed by atoms with Crippen molar-refractivity contribution in [1.82, 2.24) is 0 Å². The van der Waals surface area contributed by atoms with Crippen LogP contribution in [0.3, 0.4) is 0 Å². The zero-order chi connectivity index (χ0) is 25.3. The van der Waals surface area contributed by atoms with Crippen LogP contribution in [-0.2, 0) is 23.7 Å². The maximum absolute atomic E-state index is 10.6. The summed E-state index contributed by atoms with van der Waals surface area (Å²) in [5.74, 6) is 0. The van der Waals surface area contributed by atoms with Crippen LogP contribution in [0.5, 0.6) is 0 Å². The Morgan fingerprint density at radius 1 is 0.441 bits per heavy atom. The molecule has 16 heteroatoms. The second-order valence-corrected chi connectivity index (χ2v) is 8.33. The molecule has 0 aromatic carbocycles. The number of hydrogen-bond acceptors (Lipinski definition) is 16. The van der Waals surface area contributed by atoms with E-state index in [9.17, 15) is 56.2 Å². The standard InChI is InChI=1S/C18H32O16/c19-1-4-7(22)8(23)12(27)17(31-4)34-15-6(3-21)32-18(13(28)10(15)25)33-14-5(2-20)30-16(29)11(26)9(14)24/h4-29H,1-3H2/t4-,5-,6-,7+,8+,9-,10-,11-,12-,13-,14-,15+,16+,17+,18+/m1/s1. The Kier molecular flexibility index (Phi) is 9.54. The Morgan fingerprint density at radius 2 is 0.853 bits per heavy atom. The van der Waals surface area contributed by atoms with Gasteiger partial charge in [0.2, 0.25) is 0 Å². The van der Waals surface area contributed by atoms with Crippen molar-refractivity contribution in [3.05, 3.63) is 0 Å². The summed E-state index contributed by atoms with van der Waals surface area (Å²) in [6.45, 7) is -2.32. The second-order valence-electron chi connectivity index (χ2n) is 8.33. The lowest BCUT2D eigenvalue weighted by Crippen LogP contribution is -2.66. The van der Waals surface area contributed by atoms with E-state index in [2.05, 4.69) is 0 Å². The molecule has 3 heterocycles. The molecule has 0 bridgehead atoms. The fourth-order valence-corrected chi connectivity index (χ4v) is 4.06.